The molecule has 10 rings (SSSR count). The quantitative estimate of drug-likeness (QED) is 0.0203. The number of fused-ring (bicyclic) bond motifs is 8. The van der Waals surface area contributed by atoms with E-state index in [1.807, 2.05) is 32.1 Å². The Balaban J connectivity index is 0.985. The minimum atomic E-state index is -4.58. The van der Waals surface area contributed by atoms with Crippen molar-refractivity contribution in [2.45, 2.75) is 89.8 Å². The second kappa shape index (κ2) is 20.8. The minimum absolute atomic E-state index is 0.00230. The Labute approximate surface area is 462 Å². The van der Waals surface area contributed by atoms with E-state index >= 15 is 4.79 Å². The number of hydrogen-bond acceptors (Lipinski definition) is 12. The smallest absolute Gasteiger partial charge is 0.313 e. The highest BCUT2D eigenvalue weighted by Gasteiger charge is 2.62. The van der Waals surface area contributed by atoms with E-state index in [4.69, 9.17) is 70.2 Å². The maximum Gasteiger partial charge on any atom is 0.313 e. The molecule has 6 aliphatic rings. The number of rotatable bonds is 17. The lowest BCUT2D eigenvalue weighted by molar-refractivity contribution is -0.171. The number of carbonyl (C=O) groups is 2. The minimum Gasteiger partial charge on any atom is -0.456 e. The Morgan fingerprint density at radius 2 is 1.21 bits per heavy atom. The molecule has 0 aromatic heterocycles. The summed E-state index contributed by atoms with van der Waals surface area (Å²) in [7, 11) is -4.58. The predicted molar refractivity (Wildman–Crippen MR) is 283 cm³/mol. The molecule has 6 heterocycles. The van der Waals surface area contributed by atoms with Crippen molar-refractivity contribution in [2.75, 3.05) is 74.9 Å². The lowest BCUT2D eigenvalue weighted by Crippen LogP contribution is -2.51. The molecule has 4 aromatic rings. The molecule has 0 saturated carbocycles. The highest BCUT2D eigenvalue weighted by molar-refractivity contribution is 7.86. The van der Waals surface area contributed by atoms with Crippen molar-refractivity contribution in [1.29, 1.82) is 0 Å². The number of hydrogen-bond donors (Lipinski definition) is 1. The van der Waals surface area contributed by atoms with E-state index < -0.39 is 74.3 Å². The van der Waals surface area contributed by atoms with Crippen LogP contribution < -0.4 is 19.3 Å². The van der Waals surface area contributed by atoms with Crippen LogP contribution in [0.1, 0.15) is 110 Å². The van der Waals surface area contributed by atoms with Crippen LogP contribution in [-0.2, 0) is 52.3 Å². The zero-order chi connectivity index (χ0) is 55.3. The summed E-state index contributed by atoms with van der Waals surface area (Å²) < 4.78 is 120. The topological polar surface area (TPSA) is 154 Å². The van der Waals surface area contributed by atoms with Crippen molar-refractivity contribution >= 4 is 90.9 Å². The summed E-state index contributed by atoms with van der Waals surface area (Å²) in [5, 5.41) is 0.750. The maximum atomic E-state index is 15.6. The van der Waals surface area contributed by atoms with Gasteiger partial charge in [0.2, 0.25) is 17.4 Å². The Bertz CT molecular complexity index is 3330. The fraction of sp³-hybridized carbons (Fsp3) is 0.444. The average Bonchev–Trinajstić information content (AvgIpc) is 3.95. The van der Waals surface area contributed by atoms with Gasteiger partial charge in [0.25, 0.3) is 16.0 Å². The number of halogens is 8. The molecule has 14 nitrogen and oxygen atoms in total. The first kappa shape index (κ1) is 55.6. The van der Waals surface area contributed by atoms with E-state index in [0.29, 0.717) is 66.0 Å². The summed E-state index contributed by atoms with van der Waals surface area (Å²) in [6.07, 6.45) is 6.91. The normalized spacial score (nSPS) is 19.3. The van der Waals surface area contributed by atoms with Crippen LogP contribution in [0.15, 0.2) is 30.4 Å². The van der Waals surface area contributed by atoms with Gasteiger partial charge in [-0.25, -0.2) is 8.78 Å². The lowest BCUT2D eigenvalue weighted by atomic mass is 9.69. The Hall–Kier alpha value is -4.67. The number of ether oxygens (including phenoxy) is 5. The molecule has 0 saturated heterocycles. The molecular weight excluding hydrogens is 1120 g/mol. The van der Waals surface area contributed by atoms with Gasteiger partial charge in [-0.3, -0.25) is 19.0 Å². The SMILES string of the molecule is CCC1=CC(C)(C)N2CCCc3c4c(cc1c32)C1(c2cc3c5c(c2O4)CCCN5C(C)(C)C=C3CS(=O)(=O)O)c2c(Cl)c(Cl)c(Cl)c(Cl)c2C(=O)N1OCCOCCOCCOCCC(=O)Oc1c(F)c(F)cc(F)c1F. The third kappa shape index (κ3) is 9.37. The summed E-state index contributed by atoms with van der Waals surface area (Å²) in [6.45, 7) is 11.5. The molecule has 1 atom stereocenters. The summed E-state index contributed by atoms with van der Waals surface area (Å²) in [6, 6.07) is 3.84. The van der Waals surface area contributed by atoms with Crippen molar-refractivity contribution < 1.29 is 68.6 Å². The lowest BCUT2D eigenvalue weighted by Gasteiger charge is -2.51. The van der Waals surface area contributed by atoms with Crippen LogP contribution in [-0.4, -0.2) is 106 Å². The molecule has 0 fully saturated rings. The highest BCUT2D eigenvalue weighted by Crippen LogP contribution is 2.67. The van der Waals surface area contributed by atoms with Gasteiger partial charge >= 0.3 is 5.97 Å². The molecule has 0 aliphatic carbocycles. The van der Waals surface area contributed by atoms with E-state index in [1.165, 1.54) is 5.06 Å². The summed E-state index contributed by atoms with van der Waals surface area (Å²) in [5.74, 6) is -10.3. The van der Waals surface area contributed by atoms with E-state index in [2.05, 4.69) is 41.4 Å². The molecule has 4 aromatic carbocycles. The van der Waals surface area contributed by atoms with Crippen LogP contribution in [0.25, 0.3) is 11.1 Å². The third-order valence-corrected chi connectivity index (χ3v) is 17.4. The maximum absolute atomic E-state index is 15.6. The van der Waals surface area contributed by atoms with E-state index in [0.717, 1.165) is 46.6 Å². The monoisotopic (exact) mass is 1170 g/mol. The Morgan fingerprint density at radius 1 is 0.714 bits per heavy atom. The van der Waals surface area contributed by atoms with Gasteiger partial charge in [0.05, 0.1) is 101 Å². The van der Waals surface area contributed by atoms with Crippen molar-refractivity contribution in [3.63, 3.8) is 0 Å². The molecule has 1 N–H and O–H groups in total. The molecule has 0 bridgehead atoms. The van der Waals surface area contributed by atoms with Gasteiger partial charge in [0.15, 0.2) is 17.2 Å². The zero-order valence-corrected chi connectivity index (χ0v) is 46.3. The fourth-order valence-corrected chi connectivity index (χ4v) is 13.6. The van der Waals surface area contributed by atoms with Crippen LogP contribution in [0, 0.1) is 23.3 Å². The number of benzene rings is 4. The second-order valence-electron chi connectivity index (χ2n) is 20.6. The number of esters is 1. The van der Waals surface area contributed by atoms with Crippen LogP contribution in [0.2, 0.25) is 20.1 Å². The molecule has 1 spiro atoms. The van der Waals surface area contributed by atoms with Gasteiger partial charge in [0.1, 0.15) is 17.3 Å². The van der Waals surface area contributed by atoms with Crippen LogP contribution in [0.4, 0.5) is 28.9 Å². The van der Waals surface area contributed by atoms with Crippen LogP contribution in [0.3, 0.4) is 0 Å². The van der Waals surface area contributed by atoms with Crippen molar-refractivity contribution in [2.24, 2.45) is 0 Å². The zero-order valence-electron chi connectivity index (χ0n) is 42.5. The van der Waals surface area contributed by atoms with E-state index in [-0.39, 0.29) is 89.1 Å². The van der Waals surface area contributed by atoms with Crippen LogP contribution >= 0.6 is 46.4 Å². The van der Waals surface area contributed by atoms with Crippen molar-refractivity contribution in [3.05, 3.63) is 118 Å². The van der Waals surface area contributed by atoms with Gasteiger partial charge in [-0.1, -0.05) is 65.5 Å². The first-order chi connectivity index (χ1) is 36.4. The molecule has 412 valence electrons. The number of carbonyl (C=O) groups excluding carboxylic acids is 2. The summed E-state index contributed by atoms with van der Waals surface area (Å²) >= 11 is 28.4. The fourth-order valence-electron chi connectivity index (χ4n) is 11.8. The van der Waals surface area contributed by atoms with Gasteiger partial charge < -0.3 is 33.5 Å². The largest absolute Gasteiger partial charge is 0.456 e. The molecule has 1 unspecified atom stereocenters. The Morgan fingerprint density at radius 3 is 1.74 bits per heavy atom. The Kier molecular flexibility index (Phi) is 15.0. The number of anilines is 2. The third-order valence-electron chi connectivity index (χ3n) is 15.0. The second-order valence-corrected chi connectivity index (χ2v) is 23.6. The van der Waals surface area contributed by atoms with Gasteiger partial charge in [-0.05, 0) is 83.1 Å². The van der Waals surface area contributed by atoms with E-state index in [9.17, 15) is 35.3 Å². The number of hydroxylamine groups is 2. The first-order valence-corrected chi connectivity index (χ1v) is 28.2. The molecule has 1 amide bonds. The summed E-state index contributed by atoms with van der Waals surface area (Å²) in [5.41, 5.74) is 4.45. The van der Waals surface area contributed by atoms with Gasteiger partial charge in [-0.2, -0.15) is 22.3 Å². The van der Waals surface area contributed by atoms with Crippen LogP contribution in [0.5, 0.6) is 17.2 Å². The van der Waals surface area contributed by atoms with E-state index in [1.54, 1.807) is 0 Å². The molecule has 0 radical (unpaired) electrons. The predicted octanol–water partition coefficient (Wildman–Crippen LogP) is 11.8. The molecular formula is C54H53Cl4F4N3O11S. The average molecular weight is 1170 g/mol. The number of allylic oxidation sites excluding steroid dienone is 1. The van der Waals surface area contributed by atoms with Crippen molar-refractivity contribution in [1.82, 2.24) is 5.06 Å². The van der Waals surface area contributed by atoms with Gasteiger partial charge in [-0.15, -0.1) is 0 Å². The first-order valence-electron chi connectivity index (χ1n) is 25.1. The number of nitrogens with zero attached hydrogens (tertiary/aromatic N) is 3. The van der Waals surface area contributed by atoms with Crippen molar-refractivity contribution in [3.8, 4) is 17.2 Å². The summed E-state index contributed by atoms with van der Waals surface area (Å²) in [4.78, 5) is 39.0. The number of amides is 1. The molecule has 23 heteroatoms. The molecule has 77 heavy (non-hydrogen) atoms. The van der Waals surface area contributed by atoms with Gasteiger partial charge in [0, 0.05) is 58.1 Å². The standard InChI is InChI=1S/C54H53Cl4F4N3O11S/c1-6-27-24-52(2,3)63-12-7-9-29-46(63)31(27)21-33-48(29)76-49-30-10-8-13-64-47(30)32(28(25-53(64,4)5)26-77(68,69)70)22-34(49)54(33)39-38(40(55)42(57)43(58)41(39)56)51(67)65(54)74-20-19-73-18-17-72-16-15-71-14-11-37(66)75-50-44(61)35(59)23-36(60)45(50)62/h21-25H,6-20,26H2,1-5H3,(H,68,69,70). The highest BCUT2D eigenvalue weighted by atomic mass is 35.5. The molecule has 6 aliphatic heterocycles.